The van der Waals surface area contributed by atoms with E-state index in [2.05, 4.69) is 5.32 Å². The van der Waals surface area contributed by atoms with Crippen LogP contribution in [0.2, 0.25) is 0 Å². The summed E-state index contributed by atoms with van der Waals surface area (Å²) in [5.41, 5.74) is 1.80. The van der Waals surface area contributed by atoms with E-state index in [9.17, 15) is 4.79 Å². The van der Waals surface area contributed by atoms with Crippen LogP contribution in [0.15, 0.2) is 23.6 Å². The lowest BCUT2D eigenvalue weighted by molar-refractivity contribution is 0.0954. The number of thiophene rings is 1. The van der Waals surface area contributed by atoms with E-state index >= 15 is 0 Å². The van der Waals surface area contributed by atoms with E-state index in [1.54, 1.807) is 27.4 Å². The SMILES string of the molecule is COc1ccc(CNC(=O)c2sccc2C)c(OC)c1OC. The zero-order chi connectivity index (χ0) is 16.1. The normalized spacial score (nSPS) is 10.2. The molecule has 1 aromatic heterocycles. The number of rotatable bonds is 6. The quantitative estimate of drug-likeness (QED) is 0.888. The second kappa shape index (κ2) is 7.17. The Labute approximate surface area is 133 Å². The van der Waals surface area contributed by atoms with Crippen LogP contribution >= 0.6 is 11.3 Å². The maximum Gasteiger partial charge on any atom is 0.261 e. The van der Waals surface area contributed by atoms with Gasteiger partial charge in [0.25, 0.3) is 5.91 Å². The van der Waals surface area contributed by atoms with Crippen LogP contribution in [0.1, 0.15) is 20.8 Å². The minimum atomic E-state index is -0.0932. The fraction of sp³-hybridized carbons (Fsp3) is 0.312. The van der Waals surface area contributed by atoms with Crippen molar-refractivity contribution in [1.29, 1.82) is 0 Å². The third kappa shape index (κ3) is 3.17. The summed E-state index contributed by atoms with van der Waals surface area (Å²) in [5.74, 6) is 1.57. The summed E-state index contributed by atoms with van der Waals surface area (Å²) in [7, 11) is 4.68. The molecule has 1 N–H and O–H groups in total. The Bertz CT molecular complexity index is 666. The number of carbonyl (C=O) groups is 1. The molecule has 0 radical (unpaired) electrons. The summed E-state index contributed by atoms with van der Waals surface area (Å²) in [5, 5.41) is 4.80. The predicted molar refractivity (Wildman–Crippen MR) is 86.3 cm³/mol. The minimum Gasteiger partial charge on any atom is -0.493 e. The lowest BCUT2D eigenvalue weighted by Crippen LogP contribution is -2.22. The van der Waals surface area contributed by atoms with Gasteiger partial charge in [-0.05, 0) is 36.1 Å². The first-order chi connectivity index (χ1) is 10.6. The van der Waals surface area contributed by atoms with Crippen LogP contribution in [0.5, 0.6) is 17.2 Å². The summed E-state index contributed by atoms with van der Waals surface area (Å²) >= 11 is 1.43. The van der Waals surface area contributed by atoms with E-state index in [1.165, 1.54) is 11.3 Å². The molecule has 0 bridgehead atoms. The van der Waals surface area contributed by atoms with Crippen LogP contribution in [-0.2, 0) is 6.54 Å². The van der Waals surface area contributed by atoms with Gasteiger partial charge in [0.05, 0.1) is 26.2 Å². The summed E-state index contributed by atoms with van der Waals surface area (Å²) in [4.78, 5) is 12.9. The van der Waals surface area contributed by atoms with Crippen molar-refractivity contribution in [2.75, 3.05) is 21.3 Å². The first kappa shape index (κ1) is 16.2. The number of benzene rings is 1. The van der Waals surface area contributed by atoms with Gasteiger partial charge in [0, 0.05) is 12.1 Å². The van der Waals surface area contributed by atoms with E-state index in [4.69, 9.17) is 14.2 Å². The molecule has 0 unspecified atom stereocenters. The third-order valence-corrected chi connectivity index (χ3v) is 4.31. The molecule has 22 heavy (non-hydrogen) atoms. The molecule has 2 aromatic rings. The number of ether oxygens (including phenoxy) is 3. The first-order valence-corrected chi connectivity index (χ1v) is 7.60. The summed E-state index contributed by atoms with van der Waals surface area (Å²) in [6, 6.07) is 5.57. The Morgan fingerprint density at radius 2 is 1.82 bits per heavy atom. The van der Waals surface area contributed by atoms with Gasteiger partial charge in [-0.3, -0.25) is 4.79 Å². The van der Waals surface area contributed by atoms with E-state index in [0.29, 0.717) is 23.8 Å². The molecule has 0 aliphatic carbocycles. The van der Waals surface area contributed by atoms with Gasteiger partial charge in [0.2, 0.25) is 5.75 Å². The Kier molecular flexibility index (Phi) is 5.27. The van der Waals surface area contributed by atoms with Crippen LogP contribution in [0.25, 0.3) is 0 Å². The molecule has 6 heteroatoms. The summed E-state index contributed by atoms with van der Waals surface area (Å²) in [6.45, 7) is 2.27. The average Bonchev–Trinajstić information content (AvgIpc) is 2.97. The Morgan fingerprint density at radius 1 is 1.09 bits per heavy atom. The number of aryl methyl sites for hydroxylation is 1. The molecule has 0 aliphatic heterocycles. The van der Waals surface area contributed by atoms with Gasteiger partial charge in [-0.15, -0.1) is 11.3 Å². The second-order valence-electron chi connectivity index (χ2n) is 4.61. The summed E-state index contributed by atoms with van der Waals surface area (Å²) < 4.78 is 16.0. The van der Waals surface area contributed by atoms with Gasteiger partial charge in [-0.1, -0.05) is 0 Å². The van der Waals surface area contributed by atoms with Crippen molar-refractivity contribution in [2.24, 2.45) is 0 Å². The van der Waals surface area contributed by atoms with Crippen LogP contribution in [0.4, 0.5) is 0 Å². The minimum absolute atomic E-state index is 0.0932. The fourth-order valence-electron chi connectivity index (χ4n) is 2.16. The lowest BCUT2D eigenvalue weighted by Gasteiger charge is -2.16. The standard InChI is InChI=1S/C16H19NO4S/c1-10-7-8-22-15(10)16(18)17-9-11-5-6-12(19-2)14(21-4)13(11)20-3/h5-8H,9H2,1-4H3,(H,17,18). The molecule has 0 spiro atoms. The fourth-order valence-corrected chi connectivity index (χ4v) is 3.00. The Morgan fingerprint density at radius 3 is 2.36 bits per heavy atom. The van der Waals surface area contributed by atoms with E-state index in [1.807, 2.05) is 24.4 Å². The zero-order valence-corrected chi connectivity index (χ0v) is 13.9. The third-order valence-electron chi connectivity index (χ3n) is 3.29. The van der Waals surface area contributed by atoms with Crippen molar-refractivity contribution < 1.29 is 19.0 Å². The van der Waals surface area contributed by atoms with E-state index < -0.39 is 0 Å². The molecule has 0 saturated heterocycles. The van der Waals surface area contributed by atoms with Gasteiger partial charge in [-0.2, -0.15) is 0 Å². The highest BCUT2D eigenvalue weighted by atomic mass is 32.1. The molecule has 5 nitrogen and oxygen atoms in total. The Balaban J connectivity index is 2.19. The number of carbonyl (C=O) groups excluding carboxylic acids is 1. The van der Waals surface area contributed by atoms with Crippen molar-refractivity contribution >= 4 is 17.2 Å². The van der Waals surface area contributed by atoms with Gasteiger partial charge in [0.15, 0.2) is 11.5 Å². The van der Waals surface area contributed by atoms with Crippen molar-refractivity contribution in [1.82, 2.24) is 5.32 Å². The number of methoxy groups -OCH3 is 3. The van der Waals surface area contributed by atoms with Crippen LogP contribution in [0.3, 0.4) is 0 Å². The number of nitrogens with one attached hydrogen (secondary N) is 1. The van der Waals surface area contributed by atoms with E-state index in [0.717, 1.165) is 16.0 Å². The maximum atomic E-state index is 12.2. The van der Waals surface area contributed by atoms with Crippen molar-refractivity contribution in [3.05, 3.63) is 39.6 Å². The molecule has 0 fully saturated rings. The molecule has 2 rings (SSSR count). The zero-order valence-electron chi connectivity index (χ0n) is 13.1. The number of amides is 1. The van der Waals surface area contributed by atoms with Crippen molar-refractivity contribution in [2.45, 2.75) is 13.5 Å². The Hall–Kier alpha value is -2.21. The maximum absolute atomic E-state index is 12.2. The van der Waals surface area contributed by atoms with Crippen molar-refractivity contribution in [3.63, 3.8) is 0 Å². The average molecular weight is 321 g/mol. The topological polar surface area (TPSA) is 56.8 Å². The highest BCUT2D eigenvalue weighted by molar-refractivity contribution is 7.12. The van der Waals surface area contributed by atoms with Gasteiger partial charge in [0.1, 0.15) is 0 Å². The predicted octanol–water partition coefficient (Wildman–Crippen LogP) is 3.01. The molecule has 1 heterocycles. The molecular formula is C16H19NO4S. The first-order valence-electron chi connectivity index (χ1n) is 6.72. The lowest BCUT2D eigenvalue weighted by atomic mass is 10.1. The smallest absolute Gasteiger partial charge is 0.261 e. The molecule has 0 aliphatic rings. The van der Waals surface area contributed by atoms with Crippen LogP contribution in [0, 0.1) is 6.92 Å². The second-order valence-corrected chi connectivity index (χ2v) is 5.52. The van der Waals surface area contributed by atoms with E-state index in [-0.39, 0.29) is 5.91 Å². The van der Waals surface area contributed by atoms with Gasteiger partial charge < -0.3 is 19.5 Å². The molecule has 0 atom stereocenters. The largest absolute Gasteiger partial charge is 0.493 e. The van der Waals surface area contributed by atoms with Crippen molar-refractivity contribution in [3.8, 4) is 17.2 Å². The highest BCUT2D eigenvalue weighted by Crippen LogP contribution is 2.39. The van der Waals surface area contributed by atoms with Crippen LogP contribution < -0.4 is 19.5 Å². The molecule has 118 valence electrons. The van der Waals surface area contributed by atoms with Gasteiger partial charge in [-0.25, -0.2) is 0 Å². The monoisotopic (exact) mass is 321 g/mol. The molecule has 1 amide bonds. The molecular weight excluding hydrogens is 302 g/mol. The molecule has 1 aromatic carbocycles. The highest BCUT2D eigenvalue weighted by Gasteiger charge is 2.17. The van der Waals surface area contributed by atoms with Crippen LogP contribution in [-0.4, -0.2) is 27.2 Å². The summed E-state index contributed by atoms with van der Waals surface area (Å²) in [6.07, 6.45) is 0. The van der Waals surface area contributed by atoms with Gasteiger partial charge >= 0.3 is 0 Å². The molecule has 0 saturated carbocycles. The number of hydrogen-bond acceptors (Lipinski definition) is 5. The number of hydrogen-bond donors (Lipinski definition) is 1.